The fraction of sp³-hybridized carbons (Fsp3) is 0.391. The van der Waals surface area contributed by atoms with E-state index < -0.39 is 22.6 Å². The third-order valence-corrected chi connectivity index (χ3v) is 8.29. The molecule has 0 N–H and O–H groups in total. The van der Waals surface area contributed by atoms with Crippen LogP contribution in [0.4, 0.5) is 0 Å². The summed E-state index contributed by atoms with van der Waals surface area (Å²) in [6, 6.07) is 12.0. The summed E-state index contributed by atoms with van der Waals surface area (Å²) in [6.45, 7) is 1.50. The summed E-state index contributed by atoms with van der Waals surface area (Å²) in [6.07, 6.45) is 3.33. The highest BCUT2D eigenvalue weighted by atomic mass is 35.5. The van der Waals surface area contributed by atoms with Crippen LogP contribution in [-0.4, -0.2) is 55.7 Å². The number of hydrogen-bond acceptors (Lipinski definition) is 5. The van der Waals surface area contributed by atoms with Gasteiger partial charge >= 0.3 is 5.97 Å². The van der Waals surface area contributed by atoms with Crippen LogP contribution in [-0.2, 0) is 32.5 Å². The molecule has 1 amide bonds. The number of esters is 1. The summed E-state index contributed by atoms with van der Waals surface area (Å²) < 4.78 is 32.6. The topological polar surface area (TPSA) is 84.0 Å². The number of halogens is 1. The Kier molecular flexibility index (Phi) is 6.83. The van der Waals surface area contributed by atoms with Gasteiger partial charge in [0.05, 0.1) is 10.6 Å². The number of benzene rings is 2. The first-order chi connectivity index (χ1) is 15.4. The Bertz CT molecular complexity index is 1130. The van der Waals surface area contributed by atoms with E-state index in [2.05, 4.69) is 0 Å². The van der Waals surface area contributed by atoms with Gasteiger partial charge in [-0.1, -0.05) is 42.3 Å². The van der Waals surface area contributed by atoms with E-state index in [1.165, 1.54) is 28.1 Å². The molecule has 0 aliphatic carbocycles. The molecule has 0 radical (unpaired) electrons. The molecular formula is C23H25ClN2O5S. The van der Waals surface area contributed by atoms with E-state index in [0.717, 1.165) is 31.2 Å². The van der Waals surface area contributed by atoms with Crippen LogP contribution in [0.3, 0.4) is 0 Å². The predicted octanol–water partition coefficient (Wildman–Crippen LogP) is 3.26. The zero-order valence-corrected chi connectivity index (χ0v) is 19.2. The number of ether oxygens (including phenoxy) is 1. The molecule has 4 rings (SSSR count). The Morgan fingerprint density at radius 1 is 0.969 bits per heavy atom. The zero-order chi connectivity index (χ0) is 22.7. The lowest BCUT2D eigenvalue weighted by atomic mass is 10.00. The lowest BCUT2D eigenvalue weighted by Gasteiger charge is -2.28. The SMILES string of the molecule is O=C(OCC(=O)N1CCc2ccccc2C1)c1ccc(Cl)c(S(=O)(=O)N2CCCCC2)c1. The minimum absolute atomic E-state index is 0.0433. The van der Waals surface area contributed by atoms with Crippen molar-refractivity contribution >= 4 is 33.5 Å². The molecule has 1 saturated heterocycles. The van der Waals surface area contributed by atoms with E-state index >= 15 is 0 Å². The summed E-state index contributed by atoms with van der Waals surface area (Å²) in [7, 11) is -3.81. The lowest BCUT2D eigenvalue weighted by Crippen LogP contribution is -2.38. The van der Waals surface area contributed by atoms with Crippen molar-refractivity contribution in [3.63, 3.8) is 0 Å². The fourth-order valence-electron chi connectivity index (χ4n) is 4.08. The van der Waals surface area contributed by atoms with Gasteiger partial charge in [0.2, 0.25) is 10.0 Å². The number of fused-ring (bicyclic) bond motifs is 1. The van der Waals surface area contributed by atoms with Crippen molar-refractivity contribution in [1.82, 2.24) is 9.21 Å². The van der Waals surface area contributed by atoms with E-state index in [1.54, 1.807) is 4.90 Å². The number of hydrogen-bond donors (Lipinski definition) is 0. The highest BCUT2D eigenvalue weighted by molar-refractivity contribution is 7.89. The Morgan fingerprint density at radius 2 is 1.69 bits per heavy atom. The smallest absolute Gasteiger partial charge is 0.338 e. The minimum atomic E-state index is -3.81. The molecule has 0 atom stereocenters. The van der Waals surface area contributed by atoms with Gasteiger partial charge in [0.15, 0.2) is 6.61 Å². The Morgan fingerprint density at radius 3 is 2.44 bits per heavy atom. The average molecular weight is 477 g/mol. The molecule has 2 heterocycles. The fourth-order valence-corrected chi connectivity index (χ4v) is 6.10. The second kappa shape index (κ2) is 9.60. The van der Waals surface area contributed by atoms with Gasteiger partial charge < -0.3 is 9.64 Å². The summed E-state index contributed by atoms with van der Waals surface area (Å²) >= 11 is 6.16. The minimum Gasteiger partial charge on any atom is -0.452 e. The average Bonchev–Trinajstić information content (AvgIpc) is 2.82. The number of piperidine rings is 1. The first kappa shape index (κ1) is 22.8. The summed E-state index contributed by atoms with van der Waals surface area (Å²) in [5, 5.41) is 0.0511. The number of carbonyl (C=O) groups is 2. The summed E-state index contributed by atoms with van der Waals surface area (Å²) in [5.41, 5.74) is 2.35. The number of carbonyl (C=O) groups excluding carboxylic acids is 2. The van der Waals surface area contributed by atoms with Crippen molar-refractivity contribution in [3.05, 3.63) is 64.2 Å². The monoisotopic (exact) mass is 476 g/mol. The van der Waals surface area contributed by atoms with Crippen LogP contribution in [0.2, 0.25) is 5.02 Å². The number of rotatable bonds is 5. The molecule has 2 aromatic rings. The maximum atomic E-state index is 13.0. The molecule has 2 aliphatic heterocycles. The van der Waals surface area contributed by atoms with Gasteiger partial charge in [0.25, 0.3) is 5.91 Å². The molecule has 0 bridgehead atoms. The van der Waals surface area contributed by atoms with Gasteiger partial charge in [0, 0.05) is 26.2 Å². The van der Waals surface area contributed by atoms with Crippen molar-refractivity contribution in [3.8, 4) is 0 Å². The van der Waals surface area contributed by atoms with E-state index in [4.69, 9.17) is 16.3 Å². The third kappa shape index (κ3) is 4.82. The molecule has 2 aliphatic rings. The van der Waals surface area contributed by atoms with Crippen molar-refractivity contribution in [2.45, 2.75) is 37.1 Å². The number of nitrogens with zero attached hydrogens (tertiary/aromatic N) is 2. The van der Waals surface area contributed by atoms with E-state index in [-0.39, 0.29) is 21.4 Å². The Labute approximate surface area is 193 Å². The quantitative estimate of drug-likeness (QED) is 0.618. The molecule has 1 fully saturated rings. The van der Waals surface area contributed by atoms with Crippen LogP contribution in [0.1, 0.15) is 40.7 Å². The standard InChI is InChI=1S/C23H25ClN2O5S/c24-20-9-8-18(14-21(20)32(29,30)26-11-4-1-5-12-26)23(28)31-16-22(27)25-13-10-17-6-2-3-7-19(17)15-25/h2-3,6-9,14H,1,4-5,10-13,15-16H2. The van der Waals surface area contributed by atoms with Crippen molar-refractivity contribution in [1.29, 1.82) is 0 Å². The van der Waals surface area contributed by atoms with Crippen LogP contribution in [0.15, 0.2) is 47.4 Å². The van der Waals surface area contributed by atoms with Crippen LogP contribution in [0, 0.1) is 0 Å². The van der Waals surface area contributed by atoms with E-state index in [0.29, 0.717) is 26.2 Å². The molecule has 32 heavy (non-hydrogen) atoms. The lowest BCUT2D eigenvalue weighted by molar-refractivity contribution is -0.135. The van der Waals surface area contributed by atoms with E-state index in [1.807, 2.05) is 24.3 Å². The molecule has 0 spiro atoms. The second-order valence-corrected chi connectivity index (χ2v) is 10.3. The van der Waals surface area contributed by atoms with Crippen LogP contribution in [0.5, 0.6) is 0 Å². The van der Waals surface area contributed by atoms with Gasteiger partial charge in [-0.05, 0) is 48.6 Å². The van der Waals surface area contributed by atoms with E-state index in [9.17, 15) is 18.0 Å². The molecule has 2 aromatic carbocycles. The Balaban J connectivity index is 1.42. The largest absolute Gasteiger partial charge is 0.452 e. The highest BCUT2D eigenvalue weighted by Crippen LogP contribution is 2.28. The second-order valence-electron chi connectivity index (χ2n) is 8.02. The van der Waals surface area contributed by atoms with Crippen LogP contribution < -0.4 is 0 Å². The molecule has 170 valence electrons. The number of sulfonamides is 1. The van der Waals surface area contributed by atoms with Crippen LogP contribution in [0.25, 0.3) is 0 Å². The maximum Gasteiger partial charge on any atom is 0.338 e. The van der Waals surface area contributed by atoms with Gasteiger partial charge in [-0.3, -0.25) is 4.79 Å². The molecular weight excluding hydrogens is 452 g/mol. The zero-order valence-electron chi connectivity index (χ0n) is 17.6. The number of amides is 1. The van der Waals surface area contributed by atoms with Crippen LogP contribution >= 0.6 is 11.6 Å². The van der Waals surface area contributed by atoms with Gasteiger partial charge in [0.1, 0.15) is 4.90 Å². The molecule has 0 saturated carbocycles. The normalized spacial score (nSPS) is 17.0. The molecule has 0 aromatic heterocycles. The van der Waals surface area contributed by atoms with Crippen molar-refractivity contribution < 1.29 is 22.7 Å². The third-order valence-electron chi connectivity index (χ3n) is 5.91. The summed E-state index contributed by atoms with van der Waals surface area (Å²) in [4.78, 5) is 26.6. The van der Waals surface area contributed by atoms with Crippen molar-refractivity contribution in [2.24, 2.45) is 0 Å². The van der Waals surface area contributed by atoms with Crippen molar-refractivity contribution in [2.75, 3.05) is 26.2 Å². The summed E-state index contributed by atoms with van der Waals surface area (Å²) in [5.74, 6) is -1.05. The van der Waals surface area contributed by atoms with Gasteiger partial charge in [-0.25, -0.2) is 13.2 Å². The maximum absolute atomic E-state index is 13.0. The predicted molar refractivity (Wildman–Crippen MR) is 120 cm³/mol. The molecule has 0 unspecified atom stereocenters. The molecule has 9 heteroatoms. The van der Waals surface area contributed by atoms with Gasteiger partial charge in [-0.2, -0.15) is 4.31 Å². The highest BCUT2D eigenvalue weighted by Gasteiger charge is 2.29. The Hall–Kier alpha value is -2.42. The first-order valence-corrected chi connectivity index (χ1v) is 12.5. The van der Waals surface area contributed by atoms with Gasteiger partial charge in [-0.15, -0.1) is 0 Å². The first-order valence-electron chi connectivity index (χ1n) is 10.7. The molecule has 7 nitrogen and oxygen atoms in total.